The van der Waals surface area contributed by atoms with Crippen molar-refractivity contribution < 1.29 is 23.1 Å². The molecule has 1 aliphatic rings. The highest BCUT2D eigenvalue weighted by Crippen LogP contribution is 2.27. The molecule has 0 aliphatic heterocycles. The van der Waals surface area contributed by atoms with Crippen LogP contribution in [-0.4, -0.2) is 27.7 Å². The zero-order chi connectivity index (χ0) is 22.7. The number of carbonyl (C=O) groups excluding carboxylic acids is 2. The second kappa shape index (κ2) is 9.17. The smallest absolute Gasteiger partial charge is 0.290 e. The summed E-state index contributed by atoms with van der Waals surface area (Å²) < 4.78 is 33.4. The molecule has 0 radical (unpaired) electrons. The normalized spacial score (nSPS) is 13.7. The zero-order valence-electron chi connectivity index (χ0n) is 17.4. The molecule has 166 valence electrons. The molecule has 9 heteroatoms. The number of hydrogen-bond donors (Lipinski definition) is 2. The highest BCUT2D eigenvalue weighted by atomic mass is 19.1. The molecule has 0 bridgehead atoms. The summed E-state index contributed by atoms with van der Waals surface area (Å²) in [7, 11) is 0. The second-order valence-electron chi connectivity index (χ2n) is 7.53. The molecule has 7 nitrogen and oxygen atoms in total. The van der Waals surface area contributed by atoms with Gasteiger partial charge in [0.25, 0.3) is 11.8 Å². The van der Waals surface area contributed by atoms with Crippen LogP contribution < -0.4 is 15.6 Å². The van der Waals surface area contributed by atoms with Gasteiger partial charge in [-0.05, 0) is 81.1 Å². The van der Waals surface area contributed by atoms with E-state index in [2.05, 4.69) is 16.0 Å². The number of carbonyl (C=O) groups is 2. The Balaban J connectivity index is 1.45. The molecule has 32 heavy (non-hydrogen) atoms. The maximum atomic E-state index is 13.3. The van der Waals surface area contributed by atoms with Gasteiger partial charge in [0.05, 0.1) is 5.69 Å². The van der Waals surface area contributed by atoms with Gasteiger partial charge in [-0.2, -0.15) is 5.10 Å². The topological polar surface area (TPSA) is 85.2 Å². The molecule has 4 rings (SSSR count). The molecule has 2 amide bonds. The van der Waals surface area contributed by atoms with Crippen LogP contribution in [0.15, 0.2) is 48.5 Å². The highest BCUT2D eigenvalue weighted by Gasteiger charge is 2.26. The van der Waals surface area contributed by atoms with E-state index in [1.165, 1.54) is 43.3 Å². The number of benzene rings is 2. The lowest BCUT2D eigenvalue weighted by Gasteiger charge is -2.15. The summed E-state index contributed by atoms with van der Waals surface area (Å²) in [6, 6.07) is 11.2. The number of halogens is 2. The van der Waals surface area contributed by atoms with Gasteiger partial charge in [0, 0.05) is 11.3 Å². The van der Waals surface area contributed by atoms with E-state index in [9.17, 15) is 18.4 Å². The van der Waals surface area contributed by atoms with Crippen molar-refractivity contribution in [3.05, 3.63) is 77.1 Å². The van der Waals surface area contributed by atoms with Gasteiger partial charge >= 0.3 is 0 Å². The van der Waals surface area contributed by atoms with E-state index in [1.54, 1.807) is 16.8 Å². The van der Waals surface area contributed by atoms with E-state index >= 15 is 0 Å². The van der Waals surface area contributed by atoms with Crippen LogP contribution in [0.3, 0.4) is 0 Å². The number of nitrogens with one attached hydrogen (secondary N) is 2. The van der Waals surface area contributed by atoms with Crippen molar-refractivity contribution >= 4 is 11.8 Å². The lowest BCUT2D eigenvalue weighted by Crippen LogP contribution is -2.47. The third-order valence-electron chi connectivity index (χ3n) is 5.26. The Kier molecular flexibility index (Phi) is 6.16. The summed E-state index contributed by atoms with van der Waals surface area (Å²) in [6.07, 6.45) is 2.42. The van der Waals surface area contributed by atoms with Crippen LogP contribution >= 0.6 is 0 Å². The van der Waals surface area contributed by atoms with Gasteiger partial charge < -0.3 is 4.74 Å². The van der Waals surface area contributed by atoms with E-state index in [4.69, 9.17) is 4.74 Å². The Hall–Kier alpha value is -3.75. The minimum Gasteiger partial charge on any atom is -0.481 e. The molecular weight excluding hydrogens is 418 g/mol. The summed E-state index contributed by atoms with van der Waals surface area (Å²) in [6.45, 7) is 1.51. The molecule has 2 aromatic carbocycles. The number of nitrogens with zero attached hydrogens (tertiary/aromatic N) is 2. The van der Waals surface area contributed by atoms with Crippen molar-refractivity contribution in [2.45, 2.75) is 38.7 Å². The lowest BCUT2D eigenvalue weighted by atomic mass is 9.95. The van der Waals surface area contributed by atoms with E-state index in [1.807, 2.05) is 0 Å². The van der Waals surface area contributed by atoms with Crippen LogP contribution in [0.4, 0.5) is 8.78 Å². The molecule has 1 aromatic heterocycles. The molecule has 2 N–H and O–H groups in total. The quantitative estimate of drug-likeness (QED) is 0.597. The Morgan fingerprint density at radius 2 is 1.59 bits per heavy atom. The number of fused-ring (bicyclic) bond motifs is 1. The molecule has 0 saturated carbocycles. The number of aromatic nitrogens is 2. The van der Waals surface area contributed by atoms with Gasteiger partial charge in [-0.25, -0.2) is 13.5 Å². The Bertz CT molecular complexity index is 1130. The molecule has 1 aliphatic carbocycles. The summed E-state index contributed by atoms with van der Waals surface area (Å²) in [4.78, 5) is 25.1. The third kappa shape index (κ3) is 4.61. The van der Waals surface area contributed by atoms with E-state index in [0.717, 1.165) is 30.5 Å². The summed E-state index contributed by atoms with van der Waals surface area (Å²) >= 11 is 0. The predicted molar refractivity (Wildman–Crippen MR) is 112 cm³/mol. The van der Waals surface area contributed by atoms with E-state index in [0.29, 0.717) is 17.9 Å². The van der Waals surface area contributed by atoms with Gasteiger partial charge in [0.1, 0.15) is 17.4 Å². The van der Waals surface area contributed by atoms with Crippen LogP contribution in [0.5, 0.6) is 5.75 Å². The SMILES string of the molecule is CC(Oc1ccc(F)cc1)C(=O)NNC(=O)c1nn(-c2ccc(F)cc2)c2c1CCCC2. The van der Waals surface area contributed by atoms with Crippen molar-refractivity contribution in [3.63, 3.8) is 0 Å². The average Bonchev–Trinajstić information content (AvgIpc) is 3.19. The summed E-state index contributed by atoms with van der Waals surface area (Å²) in [5, 5.41) is 4.45. The van der Waals surface area contributed by atoms with Gasteiger partial charge in [-0.1, -0.05) is 0 Å². The fraction of sp³-hybridized carbons (Fsp3) is 0.261. The molecule has 3 aromatic rings. The molecule has 1 unspecified atom stereocenters. The predicted octanol–water partition coefficient (Wildman–Crippen LogP) is 3.26. The van der Waals surface area contributed by atoms with Crippen molar-refractivity contribution in [1.29, 1.82) is 0 Å². The first-order valence-electron chi connectivity index (χ1n) is 10.3. The maximum absolute atomic E-state index is 13.3. The molecule has 1 heterocycles. The monoisotopic (exact) mass is 440 g/mol. The van der Waals surface area contributed by atoms with Crippen LogP contribution in [0.25, 0.3) is 5.69 Å². The fourth-order valence-corrected chi connectivity index (χ4v) is 3.63. The van der Waals surface area contributed by atoms with Crippen molar-refractivity contribution in [2.75, 3.05) is 0 Å². The molecule has 0 saturated heterocycles. The molecule has 1 atom stereocenters. The number of amides is 2. The van der Waals surface area contributed by atoms with Crippen LogP contribution in [0.1, 0.15) is 41.5 Å². The number of rotatable bonds is 5. The largest absolute Gasteiger partial charge is 0.481 e. The van der Waals surface area contributed by atoms with E-state index < -0.39 is 23.7 Å². The van der Waals surface area contributed by atoms with Gasteiger partial charge in [0.2, 0.25) is 0 Å². The van der Waals surface area contributed by atoms with Gasteiger partial charge in [-0.15, -0.1) is 0 Å². The standard InChI is InChI=1S/C23H22F2N4O3/c1-14(32-18-12-8-16(25)9-13-18)22(30)26-27-23(31)21-19-4-2-3-5-20(19)29(28-21)17-10-6-15(24)7-11-17/h6-14H,2-5H2,1H3,(H,26,30)(H,27,31). The molecule has 0 spiro atoms. The van der Waals surface area contributed by atoms with Crippen LogP contribution in [-0.2, 0) is 17.6 Å². The number of hydrazine groups is 1. The minimum absolute atomic E-state index is 0.219. The first-order chi connectivity index (χ1) is 15.4. The zero-order valence-corrected chi connectivity index (χ0v) is 17.4. The third-order valence-corrected chi connectivity index (χ3v) is 5.26. The Morgan fingerprint density at radius 3 is 2.28 bits per heavy atom. The van der Waals surface area contributed by atoms with Crippen LogP contribution in [0, 0.1) is 11.6 Å². The Labute approximate surface area is 183 Å². The minimum atomic E-state index is -0.925. The van der Waals surface area contributed by atoms with Gasteiger partial charge in [-0.3, -0.25) is 20.4 Å². The fourth-order valence-electron chi connectivity index (χ4n) is 3.63. The summed E-state index contributed by atoms with van der Waals surface area (Å²) in [5.74, 6) is -1.56. The van der Waals surface area contributed by atoms with Crippen molar-refractivity contribution in [2.24, 2.45) is 0 Å². The van der Waals surface area contributed by atoms with E-state index in [-0.39, 0.29) is 11.5 Å². The average molecular weight is 440 g/mol. The molecule has 0 fully saturated rings. The lowest BCUT2D eigenvalue weighted by molar-refractivity contribution is -0.128. The van der Waals surface area contributed by atoms with Crippen molar-refractivity contribution in [1.82, 2.24) is 20.6 Å². The number of ether oxygens (including phenoxy) is 1. The highest BCUT2D eigenvalue weighted by molar-refractivity contribution is 5.95. The van der Waals surface area contributed by atoms with Gasteiger partial charge in [0.15, 0.2) is 11.8 Å². The second-order valence-corrected chi connectivity index (χ2v) is 7.53. The first-order valence-corrected chi connectivity index (χ1v) is 10.3. The molecular formula is C23H22F2N4O3. The van der Waals surface area contributed by atoms with Crippen molar-refractivity contribution in [3.8, 4) is 11.4 Å². The Morgan fingerprint density at radius 1 is 0.969 bits per heavy atom. The summed E-state index contributed by atoms with van der Waals surface area (Å²) in [5.41, 5.74) is 7.34. The van der Waals surface area contributed by atoms with Crippen LogP contribution in [0.2, 0.25) is 0 Å². The number of hydrogen-bond acceptors (Lipinski definition) is 4. The maximum Gasteiger partial charge on any atom is 0.290 e. The first kappa shape index (κ1) is 21.5.